The summed E-state index contributed by atoms with van der Waals surface area (Å²) in [7, 11) is 4.02. The van der Waals surface area contributed by atoms with Crippen LogP contribution in [0.15, 0.2) is 30.3 Å². The van der Waals surface area contributed by atoms with Gasteiger partial charge in [0.1, 0.15) is 0 Å². The molecule has 3 N–H and O–H groups in total. The lowest BCUT2D eigenvalue weighted by molar-refractivity contribution is -0.159. The van der Waals surface area contributed by atoms with Crippen LogP contribution in [-0.4, -0.2) is 52.8 Å². The molecule has 0 aliphatic carbocycles. The summed E-state index contributed by atoms with van der Waals surface area (Å²) < 4.78 is 0. The highest BCUT2D eigenvalue weighted by atomic mass is 16.4. The molecule has 0 heterocycles. The molecule has 1 aromatic carbocycles. The lowest BCUT2D eigenvalue weighted by Crippen LogP contribution is -2.15. The van der Waals surface area contributed by atoms with Crippen molar-refractivity contribution in [1.29, 1.82) is 0 Å². The number of rotatable bonds is 4. The van der Waals surface area contributed by atoms with Gasteiger partial charge >= 0.3 is 11.9 Å². The summed E-state index contributed by atoms with van der Waals surface area (Å²) in [6.45, 7) is 0.913. The van der Waals surface area contributed by atoms with Crippen molar-refractivity contribution in [2.45, 2.75) is 12.5 Å². The molecule has 1 unspecified atom stereocenters. The SMILES string of the molecule is CN(C)CCC(O)c1ccccc1.O=C(O)C(=O)O. The van der Waals surface area contributed by atoms with Gasteiger partial charge < -0.3 is 20.2 Å². The van der Waals surface area contributed by atoms with E-state index >= 15 is 0 Å². The number of carbonyl (C=O) groups is 2. The Kier molecular flexibility index (Phi) is 8.15. The summed E-state index contributed by atoms with van der Waals surface area (Å²) >= 11 is 0. The Hall–Kier alpha value is -1.92. The summed E-state index contributed by atoms with van der Waals surface area (Å²) in [5.41, 5.74) is 1.00. The first-order valence-electron chi connectivity index (χ1n) is 5.68. The molecule has 0 radical (unpaired) electrons. The summed E-state index contributed by atoms with van der Waals surface area (Å²) in [6, 6.07) is 9.78. The number of carboxylic acids is 2. The van der Waals surface area contributed by atoms with Crippen LogP contribution in [0.3, 0.4) is 0 Å². The highest BCUT2D eigenvalue weighted by Gasteiger charge is 2.06. The highest BCUT2D eigenvalue weighted by molar-refractivity contribution is 6.27. The van der Waals surface area contributed by atoms with E-state index in [-0.39, 0.29) is 6.10 Å². The summed E-state index contributed by atoms with van der Waals surface area (Å²) in [4.78, 5) is 20.3. The van der Waals surface area contributed by atoms with Gasteiger partial charge in [-0.05, 0) is 26.1 Å². The first-order valence-corrected chi connectivity index (χ1v) is 5.68. The molecular formula is C13H19NO5. The van der Waals surface area contributed by atoms with E-state index in [2.05, 4.69) is 4.90 Å². The number of nitrogens with zero attached hydrogens (tertiary/aromatic N) is 1. The molecule has 0 bridgehead atoms. The quantitative estimate of drug-likeness (QED) is 0.700. The monoisotopic (exact) mass is 269 g/mol. The molecular weight excluding hydrogens is 250 g/mol. The minimum absolute atomic E-state index is 0.330. The fraction of sp³-hybridized carbons (Fsp3) is 0.385. The van der Waals surface area contributed by atoms with E-state index in [1.165, 1.54) is 0 Å². The Bertz CT molecular complexity index is 379. The molecule has 0 saturated heterocycles. The van der Waals surface area contributed by atoms with Crippen molar-refractivity contribution in [1.82, 2.24) is 4.90 Å². The third-order valence-electron chi connectivity index (χ3n) is 2.22. The smallest absolute Gasteiger partial charge is 0.414 e. The fourth-order valence-electron chi connectivity index (χ4n) is 1.22. The maximum atomic E-state index is 9.74. The van der Waals surface area contributed by atoms with E-state index in [9.17, 15) is 5.11 Å². The van der Waals surface area contributed by atoms with Crippen molar-refractivity contribution in [3.63, 3.8) is 0 Å². The van der Waals surface area contributed by atoms with Crippen LogP contribution in [0.5, 0.6) is 0 Å². The Labute approximate surface area is 111 Å². The van der Waals surface area contributed by atoms with Crippen molar-refractivity contribution >= 4 is 11.9 Å². The van der Waals surface area contributed by atoms with Gasteiger partial charge in [0.2, 0.25) is 0 Å². The fourth-order valence-corrected chi connectivity index (χ4v) is 1.22. The number of benzene rings is 1. The van der Waals surface area contributed by atoms with Crippen LogP contribution < -0.4 is 0 Å². The first-order chi connectivity index (χ1) is 8.84. The van der Waals surface area contributed by atoms with Crippen LogP contribution in [0.4, 0.5) is 0 Å². The molecule has 1 rings (SSSR count). The third-order valence-corrected chi connectivity index (χ3v) is 2.22. The predicted octanol–water partition coefficient (Wildman–Crippen LogP) is 0.827. The molecule has 0 aromatic heterocycles. The zero-order valence-corrected chi connectivity index (χ0v) is 11.0. The van der Waals surface area contributed by atoms with E-state index < -0.39 is 11.9 Å². The van der Waals surface area contributed by atoms with Crippen molar-refractivity contribution in [2.75, 3.05) is 20.6 Å². The molecule has 6 heteroatoms. The number of hydrogen-bond acceptors (Lipinski definition) is 4. The second kappa shape index (κ2) is 9.07. The molecule has 0 saturated carbocycles. The van der Waals surface area contributed by atoms with Crippen molar-refractivity contribution < 1.29 is 24.9 Å². The molecule has 6 nitrogen and oxygen atoms in total. The lowest BCUT2D eigenvalue weighted by Gasteiger charge is -2.14. The van der Waals surface area contributed by atoms with E-state index in [4.69, 9.17) is 19.8 Å². The average molecular weight is 269 g/mol. The molecule has 0 aliphatic heterocycles. The van der Waals surface area contributed by atoms with E-state index in [1.54, 1.807) is 0 Å². The zero-order valence-electron chi connectivity index (χ0n) is 11.0. The molecule has 106 valence electrons. The van der Waals surface area contributed by atoms with Gasteiger partial charge in [0.15, 0.2) is 0 Å². The predicted molar refractivity (Wildman–Crippen MR) is 69.8 cm³/mol. The van der Waals surface area contributed by atoms with Gasteiger partial charge in [-0.1, -0.05) is 30.3 Å². The van der Waals surface area contributed by atoms with E-state index in [0.717, 1.165) is 18.5 Å². The van der Waals surface area contributed by atoms with Gasteiger partial charge in [0.25, 0.3) is 0 Å². The standard InChI is InChI=1S/C11H17NO.C2H2O4/c1-12(2)9-8-11(13)10-6-4-3-5-7-10;3-1(4)2(5)6/h3-7,11,13H,8-9H2,1-2H3;(H,3,4)(H,5,6). The van der Waals surface area contributed by atoms with Crippen LogP contribution in [0.1, 0.15) is 18.1 Å². The van der Waals surface area contributed by atoms with Crippen LogP contribution in [-0.2, 0) is 9.59 Å². The van der Waals surface area contributed by atoms with Gasteiger partial charge in [0, 0.05) is 6.54 Å². The molecule has 0 fully saturated rings. The Balaban J connectivity index is 0.000000459. The minimum atomic E-state index is -1.82. The number of aliphatic hydroxyl groups is 1. The van der Waals surface area contributed by atoms with Gasteiger partial charge in [-0.2, -0.15) is 0 Å². The van der Waals surface area contributed by atoms with Crippen molar-refractivity contribution in [3.8, 4) is 0 Å². The van der Waals surface area contributed by atoms with E-state index in [1.807, 2.05) is 44.4 Å². The highest BCUT2D eigenvalue weighted by Crippen LogP contribution is 2.15. The number of carboxylic acid groups (broad SMARTS) is 2. The first kappa shape index (κ1) is 17.1. The van der Waals surface area contributed by atoms with Crippen LogP contribution >= 0.6 is 0 Å². The molecule has 19 heavy (non-hydrogen) atoms. The van der Waals surface area contributed by atoms with Crippen LogP contribution in [0, 0.1) is 0 Å². The second-order valence-electron chi connectivity index (χ2n) is 4.13. The average Bonchev–Trinajstić information content (AvgIpc) is 2.37. The Morgan fingerprint density at radius 2 is 1.58 bits per heavy atom. The van der Waals surface area contributed by atoms with Crippen molar-refractivity contribution in [2.24, 2.45) is 0 Å². The van der Waals surface area contributed by atoms with Crippen molar-refractivity contribution in [3.05, 3.63) is 35.9 Å². The molecule has 1 aromatic rings. The number of aliphatic hydroxyl groups excluding tert-OH is 1. The molecule has 0 spiro atoms. The zero-order chi connectivity index (χ0) is 14.8. The second-order valence-corrected chi connectivity index (χ2v) is 4.13. The molecule has 1 atom stereocenters. The third kappa shape index (κ3) is 8.76. The van der Waals surface area contributed by atoms with E-state index in [0.29, 0.717) is 0 Å². The topological polar surface area (TPSA) is 98.1 Å². The summed E-state index contributed by atoms with van der Waals surface area (Å²) in [5, 5.41) is 24.5. The minimum Gasteiger partial charge on any atom is -0.473 e. The molecule has 0 aliphatic rings. The largest absolute Gasteiger partial charge is 0.473 e. The number of aliphatic carboxylic acids is 2. The van der Waals surface area contributed by atoms with Gasteiger partial charge in [0.05, 0.1) is 6.10 Å². The molecule has 0 amide bonds. The van der Waals surface area contributed by atoms with Crippen LogP contribution in [0.25, 0.3) is 0 Å². The summed E-state index contributed by atoms with van der Waals surface area (Å²) in [6.07, 6.45) is 0.459. The normalized spacial score (nSPS) is 11.4. The van der Waals surface area contributed by atoms with Gasteiger partial charge in [-0.15, -0.1) is 0 Å². The summed E-state index contributed by atoms with van der Waals surface area (Å²) in [5.74, 6) is -3.65. The maximum absolute atomic E-state index is 9.74. The Morgan fingerprint density at radius 3 is 1.95 bits per heavy atom. The Morgan fingerprint density at radius 1 is 1.11 bits per heavy atom. The van der Waals surface area contributed by atoms with Gasteiger partial charge in [-0.25, -0.2) is 9.59 Å². The maximum Gasteiger partial charge on any atom is 0.414 e. The van der Waals surface area contributed by atoms with Gasteiger partial charge in [-0.3, -0.25) is 0 Å². The van der Waals surface area contributed by atoms with Crippen LogP contribution in [0.2, 0.25) is 0 Å². The lowest BCUT2D eigenvalue weighted by atomic mass is 10.1. The number of hydrogen-bond donors (Lipinski definition) is 3.